The largest absolute Gasteiger partial charge is 0.488 e. The van der Waals surface area contributed by atoms with Crippen LogP contribution in [0.25, 0.3) is 22.3 Å². The van der Waals surface area contributed by atoms with Crippen LogP contribution in [0.5, 0.6) is 5.75 Å². The van der Waals surface area contributed by atoms with Crippen molar-refractivity contribution in [2.24, 2.45) is 5.73 Å². The maximum absolute atomic E-state index is 11.8. The van der Waals surface area contributed by atoms with E-state index >= 15 is 0 Å². The van der Waals surface area contributed by atoms with Crippen molar-refractivity contribution >= 4 is 22.8 Å². The first-order chi connectivity index (χ1) is 15.0. The third-order valence-electron chi connectivity index (χ3n) is 5.37. The lowest BCUT2D eigenvalue weighted by Crippen LogP contribution is -2.19. The highest BCUT2D eigenvalue weighted by Crippen LogP contribution is 2.36. The van der Waals surface area contributed by atoms with E-state index in [-0.39, 0.29) is 17.9 Å². The zero-order valence-electron chi connectivity index (χ0n) is 17.6. The van der Waals surface area contributed by atoms with Crippen molar-refractivity contribution in [1.82, 2.24) is 5.32 Å². The number of benzene rings is 2. The number of fused-ring (bicyclic) bond motifs is 1. The number of carbonyl (C=O) groups excluding carboxylic acids is 1. The summed E-state index contributed by atoms with van der Waals surface area (Å²) < 4.78 is 17.4. The summed E-state index contributed by atoms with van der Waals surface area (Å²) in [5.74, 6) is 1.24. The van der Waals surface area contributed by atoms with Gasteiger partial charge in [-0.05, 0) is 68.3 Å². The molecule has 1 aliphatic rings. The molecule has 1 atom stereocenters. The molecule has 0 unspecified atom stereocenters. The summed E-state index contributed by atoms with van der Waals surface area (Å²) >= 11 is 0. The van der Waals surface area contributed by atoms with Crippen LogP contribution < -0.4 is 15.8 Å². The Balaban J connectivity index is 1.68. The van der Waals surface area contributed by atoms with Gasteiger partial charge in [0.25, 0.3) is 0 Å². The third-order valence-corrected chi connectivity index (χ3v) is 5.37. The van der Waals surface area contributed by atoms with Gasteiger partial charge in [-0.15, -0.1) is 0 Å². The Morgan fingerprint density at radius 1 is 1.26 bits per heavy atom. The van der Waals surface area contributed by atoms with Crippen LogP contribution in [-0.4, -0.2) is 37.6 Å². The Morgan fingerprint density at radius 3 is 2.87 bits per heavy atom. The number of aryl methyl sites for hydroxylation is 1. The minimum absolute atomic E-state index is 0.0170. The first kappa shape index (κ1) is 20.9. The molecule has 1 saturated heterocycles. The monoisotopic (exact) mass is 421 g/mol. The van der Waals surface area contributed by atoms with E-state index in [4.69, 9.17) is 25.0 Å². The van der Waals surface area contributed by atoms with Crippen LogP contribution in [0.2, 0.25) is 0 Å². The van der Waals surface area contributed by atoms with Crippen molar-refractivity contribution in [2.45, 2.75) is 32.3 Å². The van der Waals surface area contributed by atoms with Gasteiger partial charge in [0, 0.05) is 23.9 Å². The molecular weight excluding hydrogens is 394 g/mol. The van der Waals surface area contributed by atoms with Crippen LogP contribution in [0.1, 0.15) is 30.9 Å². The zero-order chi connectivity index (χ0) is 21.8. The molecule has 0 amide bonds. The van der Waals surface area contributed by atoms with Crippen molar-refractivity contribution in [3.8, 4) is 17.1 Å². The minimum Gasteiger partial charge on any atom is -0.488 e. The number of carbonyl (C=O) groups is 1. The lowest BCUT2D eigenvalue weighted by atomic mass is 10.0. The normalized spacial score (nSPS) is 15.8. The Kier molecular flexibility index (Phi) is 6.23. The smallest absolute Gasteiger partial charge is 0.306 e. The molecule has 0 saturated carbocycles. The number of nitrogens with two attached hydrogens (primary N) is 1. The standard InChI is InChI=1S/C24H27N3O4/c1-2-29-23(28)8-4-15-3-6-21(30-18-9-10-27-14-18)19(11-15)22-13-17-12-16(24(25)26)5-7-20(17)31-22/h3,5-7,11-13,18,27H,2,4,8-10,14H2,1H3,(H3,25,26)/t18-/m0/s1. The van der Waals surface area contributed by atoms with E-state index < -0.39 is 0 Å². The van der Waals surface area contributed by atoms with Crippen molar-refractivity contribution in [3.63, 3.8) is 0 Å². The molecule has 3 aromatic rings. The quantitative estimate of drug-likeness (QED) is 0.291. The lowest BCUT2D eigenvalue weighted by Gasteiger charge is -2.16. The molecule has 0 bridgehead atoms. The molecule has 7 nitrogen and oxygen atoms in total. The van der Waals surface area contributed by atoms with Gasteiger partial charge in [0.2, 0.25) is 0 Å². The van der Waals surface area contributed by atoms with Crippen LogP contribution in [0, 0.1) is 5.41 Å². The highest BCUT2D eigenvalue weighted by molar-refractivity contribution is 5.99. The number of ether oxygens (including phenoxy) is 2. The number of hydrogen-bond acceptors (Lipinski definition) is 6. The lowest BCUT2D eigenvalue weighted by molar-refractivity contribution is -0.143. The minimum atomic E-state index is -0.207. The van der Waals surface area contributed by atoms with Crippen LogP contribution in [0.3, 0.4) is 0 Å². The van der Waals surface area contributed by atoms with Crippen molar-refractivity contribution in [3.05, 3.63) is 53.6 Å². The number of rotatable bonds is 8. The molecule has 162 valence electrons. The molecule has 1 aromatic heterocycles. The Morgan fingerprint density at radius 2 is 2.13 bits per heavy atom. The number of esters is 1. The van der Waals surface area contributed by atoms with Gasteiger partial charge >= 0.3 is 5.97 Å². The summed E-state index contributed by atoms with van der Waals surface area (Å²) in [5.41, 5.74) is 8.84. The molecule has 1 aliphatic heterocycles. The molecule has 4 rings (SSSR count). The molecule has 0 spiro atoms. The van der Waals surface area contributed by atoms with Crippen LogP contribution in [-0.2, 0) is 16.0 Å². The van der Waals surface area contributed by atoms with E-state index in [1.807, 2.05) is 36.4 Å². The number of furan rings is 1. The Labute approximate surface area is 181 Å². The van der Waals surface area contributed by atoms with E-state index in [0.29, 0.717) is 36.4 Å². The second-order valence-electron chi connectivity index (χ2n) is 7.65. The molecule has 2 heterocycles. The third kappa shape index (κ3) is 4.88. The summed E-state index contributed by atoms with van der Waals surface area (Å²) in [7, 11) is 0. The molecule has 0 radical (unpaired) electrons. The van der Waals surface area contributed by atoms with E-state index in [9.17, 15) is 4.79 Å². The molecule has 2 aromatic carbocycles. The van der Waals surface area contributed by atoms with Gasteiger partial charge in [-0.25, -0.2) is 0 Å². The van der Waals surface area contributed by atoms with Gasteiger partial charge in [0.05, 0.1) is 12.2 Å². The number of amidine groups is 1. The van der Waals surface area contributed by atoms with Crippen LogP contribution in [0.4, 0.5) is 0 Å². The second-order valence-corrected chi connectivity index (χ2v) is 7.65. The number of hydrogen-bond donors (Lipinski definition) is 3. The van der Waals surface area contributed by atoms with Gasteiger partial charge in [-0.1, -0.05) is 6.07 Å². The molecule has 1 fully saturated rings. The van der Waals surface area contributed by atoms with Gasteiger partial charge in [-0.3, -0.25) is 10.2 Å². The summed E-state index contributed by atoms with van der Waals surface area (Å²) in [6, 6.07) is 13.3. The Bertz CT molecular complexity index is 1100. The van der Waals surface area contributed by atoms with Gasteiger partial charge in [0.15, 0.2) is 0 Å². The molecular formula is C24H27N3O4. The van der Waals surface area contributed by atoms with Crippen molar-refractivity contribution in [1.29, 1.82) is 5.41 Å². The number of nitrogen functional groups attached to an aromatic ring is 1. The summed E-state index contributed by atoms with van der Waals surface area (Å²) in [6.07, 6.45) is 1.96. The fourth-order valence-corrected chi connectivity index (χ4v) is 3.76. The average molecular weight is 421 g/mol. The summed E-state index contributed by atoms with van der Waals surface area (Å²) in [6.45, 7) is 3.94. The molecule has 4 N–H and O–H groups in total. The highest BCUT2D eigenvalue weighted by Gasteiger charge is 2.20. The SMILES string of the molecule is CCOC(=O)CCc1ccc(O[C@H]2CCNC2)c(-c2cc3cc(C(=N)N)ccc3o2)c1. The molecule has 31 heavy (non-hydrogen) atoms. The van der Waals surface area contributed by atoms with Gasteiger partial charge < -0.3 is 24.9 Å². The molecule has 0 aliphatic carbocycles. The number of nitrogens with one attached hydrogen (secondary N) is 2. The molecule has 7 heteroatoms. The average Bonchev–Trinajstić information content (AvgIpc) is 3.42. The van der Waals surface area contributed by atoms with Crippen molar-refractivity contribution < 1.29 is 18.7 Å². The second kappa shape index (κ2) is 9.22. The summed E-state index contributed by atoms with van der Waals surface area (Å²) in [5, 5.41) is 11.8. The zero-order valence-corrected chi connectivity index (χ0v) is 17.6. The fourth-order valence-electron chi connectivity index (χ4n) is 3.76. The Hall–Kier alpha value is -3.32. The van der Waals surface area contributed by atoms with Crippen LogP contribution >= 0.6 is 0 Å². The summed E-state index contributed by atoms with van der Waals surface area (Å²) in [4.78, 5) is 11.8. The maximum atomic E-state index is 11.8. The fraction of sp³-hybridized carbons (Fsp3) is 0.333. The van der Waals surface area contributed by atoms with E-state index in [2.05, 4.69) is 5.32 Å². The van der Waals surface area contributed by atoms with Crippen molar-refractivity contribution in [2.75, 3.05) is 19.7 Å². The van der Waals surface area contributed by atoms with E-state index in [0.717, 1.165) is 41.8 Å². The topological polar surface area (TPSA) is 111 Å². The van der Waals surface area contributed by atoms with Gasteiger partial charge in [0.1, 0.15) is 29.0 Å². The van der Waals surface area contributed by atoms with E-state index in [1.165, 1.54) is 0 Å². The maximum Gasteiger partial charge on any atom is 0.306 e. The van der Waals surface area contributed by atoms with E-state index in [1.54, 1.807) is 13.0 Å². The first-order valence-electron chi connectivity index (χ1n) is 10.6. The predicted octanol–water partition coefficient (Wildman–Crippen LogP) is 3.62. The van der Waals surface area contributed by atoms with Gasteiger partial charge in [-0.2, -0.15) is 0 Å². The first-order valence-corrected chi connectivity index (χ1v) is 10.6. The van der Waals surface area contributed by atoms with Crippen LogP contribution in [0.15, 0.2) is 46.9 Å². The predicted molar refractivity (Wildman–Crippen MR) is 120 cm³/mol. The highest BCUT2D eigenvalue weighted by atomic mass is 16.5.